The fourth-order valence-corrected chi connectivity index (χ4v) is 1.56. The third-order valence-corrected chi connectivity index (χ3v) is 3.68. The molecule has 0 saturated heterocycles. The highest BCUT2D eigenvalue weighted by Crippen LogP contribution is 2.08. The molecule has 0 aliphatic carbocycles. The van der Waals surface area contributed by atoms with Crippen molar-refractivity contribution in [1.29, 1.82) is 0 Å². The number of quaternary nitrogens is 1. The van der Waals surface area contributed by atoms with Crippen molar-refractivity contribution in [2.75, 3.05) is 33.7 Å². The second kappa shape index (κ2) is 10.4. The molecular formula is C15H34N2O. The maximum absolute atomic E-state index is 11.5. The molecule has 0 aromatic heterocycles. The molecule has 1 amide bonds. The van der Waals surface area contributed by atoms with Crippen LogP contribution in [0.15, 0.2) is 0 Å². The summed E-state index contributed by atoms with van der Waals surface area (Å²) in [7, 11) is 4.45. The number of hydrogen-bond donors (Lipinski definition) is 1. The van der Waals surface area contributed by atoms with Crippen LogP contribution in [0.1, 0.15) is 46.5 Å². The summed E-state index contributed by atoms with van der Waals surface area (Å²) in [6.45, 7) is 9.66. The van der Waals surface area contributed by atoms with Crippen molar-refractivity contribution in [3.05, 3.63) is 7.43 Å². The van der Waals surface area contributed by atoms with Gasteiger partial charge in [0.2, 0.25) is 5.91 Å². The van der Waals surface area contributed by atoms with Crippen molar-refractivity contribution in [2.45, 2.75) is 46.5 Å². The summed E-state index contributed by atoms with van der Waals surface area (Å²) < 4.78 is 1.03. The highest BCUT2D eigenvalue weighted by molar-refractivity contribution is 5.75. The number of nitrogens with one attached hydrogen (secondary N) is 1. The van der Waals surface area contributed by atoms with Gasteiger partial charge in [-0.2, -0.15) is 0 Å². The number of carbonyl (C=O) groups excluding carboxylic acids is 1. The van der Waals surface area contributed by atoms with Gasteiger partial charge < -0.3 is 17.2 Å². The Labute approximate surface area is 115 Å². The molecule has 1 N–H and O–H groups in total. The Morgan fingerprint density at radius 3 is 2.39 bits per heavy atom. The summed E-state index contributed by atoms with van der Waals surface area (Å²) in [4.78, 5) is 11.5. The van der Waals surface area contributed by atoms with Crippen molar-refractivity contribution in [1.82, 2.24) is 5.32 Å². The molecule has 0 rings (SSSR count). The molecule has 1 atom stereocenters. The number of rotatable bonds is 9. The predicted octanol–water partition coefficient (Wildman–Crippen LogP) is 2.87. The average molecular weight is 258 g/mol. The Kier molecular flexibility index (Phi) is 11.4. The second-order valence-corrected chi connectivity index (χ2v) is 5.73. The van der Waals surface area contributed by atoms with Crippen LogP contribution in [0.4, 0.5) is 0 Å². The first kappa shape index (κ1) is 19.8. The molecule has 0 aromatic carbocycles. The Balaban J connectivity index is 0. The lowest BCUT2D eigenvalue weighted by atomic mass is 10.0. The molecule has 0 saturated carbocycles. The zero-order valence-corrected chi connectivity index (χ0v) is 13.4. The third-order valence-electron chi connectivity index (χ3n) is 3.68. The fourth-order valence-electron chi connectivity index (χ4n) is 1.56. The average Bonchev–Trinajstić information content (AvgIpc) is 2.31. The van der Waals surface area contributed by atoms with Crippen LogP contribution in [-0.4, -0.2) is 44.1 Å². The first-order chi connectivity index (χ1) is 7.91. The lowest BCUT2D eigenvalue weighted by Gasteiger charge is -2.28. The van der Waals surface area contributed by atoms with E-state index in [0.717, 1.165) is 43.4 Å². The molecule has 0 aliphatic heterocycles. The number of hydrogen-bond acceptors (Lipinski definition) is 1. The van der Waals surface area contributed by atoms with E-state index in [0.29, 0.717) is 12.3 Å². The first-order valence-corrected chi connectivity index (χ1v) is 7.00. The van der Waals surface area contributed by atoms with Gasteiger partial charge in [-0.15, -0.1) is 0 Å². The van der Waals surface area contributed by atoms with E-state index in [1.165, 1.54) is 0 Å². The van der Waals surface area contributed by atoms with Crippen LogP contribution in [-0.2, 0) is 4.79 Å². The zero-order valence-electron chi connectivity index (χ0n) is 13.4. The van der Waals surface area contributed by atoms with Gasteiger partial charge >= 0.3 is 0 Å². The lowest BCUT2D eigenvalue weighted by Crippen LogP contribution is -2.41. The van der Waals surface area contributed by atoms with Gasteiger partial charge in [-0.1, -0.05) is 20.3 Å². The summed E-state index contributed by atoms with van der Waals surface area (Å²) in [5, 5.41) is 3.01. The van der Waals surface area contributed by atoms with Gasteiger partial charge in [0, 0.05) is 19.4 Å². The lowest BCUT2D eigenvalue weighted by molar-refractivity contribution is -0.888. The van der Waals surface area contributed by atoms with E-state index in [2.05, 4.69) is 40.2 Å². The van der Waals surface area contributed by atoms with Crippen molar-refractivity contribution < 1.29 is 9.28 Å². The van der Waals surface area contributed by atoms with E-state index in [4.69, 9.17) is 0 Å². The van der Waals surface area contributed by atoms with Crippen LogP contribution in [0.2, 0.25) is 0 Å². The van der Waals surface area contributed by atoms with Crippen LogP contribution in [0.5, 0.6) is 0 Å². The maximum atomic E-state index is 11.5. The highest BCUT2D eigenvalue weighted by atomic mass is 16.1. The summed E-state index contributed by atoms with van der Waals surface area (Å²) in [5.41, 5.74) is 0. The van der Waals surface area contributed by atoms with E-state index in [9.17, 15) is 4.79 Å². The fraction of sp³-hybridized carbons (Fsp3) is 0.867. The topological polar surface area (TPSA) is 29.1 Å². The van der Waals surface area contributed by atoms with Gasteiger partial charge in [0.05, 0.1) is 27.2 Å². The van der Waals surface area contributed by atoms with Gasteiger partial charge in [0.25, 0.3) is 0 Å². The van der Waals surface area contributed by atoms with Crippen LogP contribution < -0.4 is 5.32 Å². The van der Waals surface area contributed by atoms with E-state index in [1.807, 2.05) is 0 Å². The predicted molar refractivity (Wildman–Crippen MR) is 80.2 cm³/mol. The molecule has 3 heteroatoms. The monoisotopic (exact) mass is 258 g/mol. The van der Waals surface area contributed by atoms with Gasteiger partial charge in [-0.3, -0.25) is 4.79 Å². The van der Waals surface area contributed by atoms with Gasteiger partial charge in [0.15, 0.2) is 0 Å². The minimum Gasteiger partial charge on any atom is -0.358 e. The maximum Gasteiger partial charge on any atom is 0.220 e. The van der Waals surface area contributed by atoms with Crippen LogP contribution in [0, 0.1) is 13.3 Å². The summed E-state index contributed by atoms with van der Waals surface area (Å²) in [6.07, 6.45) is 3.92. The molecule has 0 bridgehead atoms. The largest absolute Gasteiger partial charge is 0.358 e. The van der Waals surface area contributed by atoms with Gasteiger partial charge in [0.1, 0.15) is 0 Å². The van der Waals surface area contributed by atoms with E-state index < -0.39 is 0 Å². The van der Waals surface area contributed by atoms with Crippen LogP contribution in [0.3, 0.4) is 0 Å². The molecule has 1 unspecified atom stereocenters. The van der Waals surface area contributed by atoms with Crippen molar-refractivity contribution >= 4 is 5.91 Å². The molecular weight excluding hydrogens is 224 g/mol. The summed E-state index contributed by atoms with van der Waals surface area (Å²) in [5.74, 6) is 0.878. The van der Waals surface area contributed by atoms with Gasteiger partial charge in [-0.25, -0.2) is 0 Å². The van der Waals surface area contributed by atoms with Crippen molar-refractivity contribution in [3.8, 4) is 0 Å². The Morgan fingerprint density at radius 1 is 1.28 bits per heavy atom. The minimum atomic E-state index is 0. The molecule has 0 radical (unpaired) electrons. The second-order valence-electron chi connectivity index (χ2n) is 5.73. The van der Waals surface area contributed by atoms with E-state index in [1.54, 1.807) is 0 Å². The van der Waals surface area contributed by atoms with Crippen LogP contribution >= 0.6 is 0 Å². The van der Waals surface area contributed by atoms with Crippen molar-refractivity contribution in [2.24, 2.45) is 5.92 Å². The molecule has 18 heavy (non-hydrogen) atoms. The number of nitrogens with zero attached hydrogens (tertiary/aromatic N) is 1. The summed E-state index contributed by atoms with van der Waals surface area (Å²) in [6, 6.07) is 0. The number of carbonyl (C=O) groups is 1. The third kappa shape index (κ3) is 10.6. The molecule has 0 aromatic rings. The number of amides is 1. The summed E-state index contributed by atoms with van der Waals surface area (Å²) >= 11 is 0. The molecule has 110 valence electrons. The Bertz CT molecular complexity index is 215. The first-order valence-electron chi connectivity index (χ1n) is 7.00. The van der Waals surface area contributed by atoms with Crippen LogP contribution in [0.25, 0.3) is 0 Å². The molecule has 0 heterocycles. The SMILES string of the molecule is CCC(C)CCC(=O)NCCC[N+](C)(C)CC.[CH3-]. The van der Waals surface area contributed by atoms with E-state index in [-0.39, 0.29) is 13.3 Å². The van der Waals surface area contributed by atoms with Crippen molar-refractivity contribution in [3.63, 3.8) is 0 Å². The standard InChI is InChI=1S/C14H30N2O.CH3/c1-6-13(3)9-10-14(17)15-11-8-12-16(4,5)7-2;/h13H,6-12H2,1-5H3;1H3/q;-1/p+1. The molecule has 3 nitrogen and oxygen atoms in total. The Morgan fingerprint density at radius 2 is 1.89 bits per heavy atom. The quantitative estimate of drug-likeness (QED) is 0.384. The van der Waals surface area contributed by atoms with E-state index >= 15 is 0 Å². The minimum absolute atomic E-state index is 0. The zero-order chi connectivity index (χ0) is 13.3. The molecule has 0 fully saturated rings. The molecule has 0 spiro atoms. The Hall–Kier alpha value is -0.570. The molecule has 0 aliphatic rings. The van der Waals surface area contributed by atoms with Gasteiger partial charge in [-0.05, 0) is 19.3 Å². The normalized spacial score (nSPS) is 12.7. The smallest absolute Gasteiger partial charge is 0.220 e. The highest BCUT2D eigenvalue weighted by Gasteiger charge is 2.11.